The maximum Gasteiger partial charge on any atom is 0.501 e. The molecule has 0 spiro atoms. The smallest absolute Gasteiger partial charge is 0.305 e. The Bertz CT molecular complexity index is 1160. The predicted octanol–water partition coefficient (Wildman–Crippen LogP) is 4.25. The molecular formula is C21H22F3N3O4S. The first kappa shape index (κ1) is 23.7. The number of aromatic nitrogens is 1. The number of carbonyl (C=O) groups excluding carboxylic acids is 2. The molecule has 2 aromatic rings. The molecule has 1 aliphatic rings. The molecule has 1 aliphatic heterocycles. The van der Waals surface area contributed by atoms with E-state index in [0.717, 1.165) is 40.3 Å². The lowest BCUT2D eigenvalue weighted by Crippen LogP contribution is -2.43. The van der Waals surface area contributed by atoms with E-state index in [1.54, 1.807) is 32.3 Å². The number of carbonyl (C=O) groups is 2. The summed E-state index contributed by atoms with van der Waals surface area (Å²) in [6.07, 6.45) is 3.29. The number of amides is 3. The zero-order valence-electron chi connectivity index (χ0n) is 17.8. The molecule has 2 heterocycles. The third-order valence-electron chi connectivity index (χ3n) is 5.43. The number of hydrogen-bond acceptors (Lipinski definition) is 5. The van der Waals surface area contributed by atoms with Crippen LogP contribution in [0.2, 0.25) is 0 Å². The minimum absolute atomic E-state index is 0.0180. The van der Waals surface area contributed by atoms with Gasteiger partial charge in [-0.15, -0.1) is 0 Å². The molecule has 1 aromatic carbocycles. The minimum atomic E-state index is -5.54. The van der Waals surface area contributed by atoms with Gasteiger partial charge in [0.25, 0.3) is 15.7 Å². The van der Waals surface area contributed by atoms with Crippen molar-refractivity contribution >= 4 is 27.5 Å². The molecule has 0 N–H and O–H groups in total. The molecule has 172 valence electrons. The van der Waals surface area contributed by atoms with Crippen molar-refractivity contribution in [2.75, 3.05) is 4.90 Å². The van der Waals surface area contributed by atoms with E-state index in [1.807, 2.05) is 13.8 Å². The molecule has 3 amide bonds. The molecular weight excluding hydrogens is 447 g/mol. The van der Waals surface area contributed by atoms with Crippen LogP contribution in [0.5, 0.6) is 0 Å². The van der Waals surface area contributed by atoms with Gasteiger partial charge in [0.2, 0.25) is 0 Å². The second-order valence-corrected chi connectivity index (χ2v) is 10.2. The van der Waals surface area contributed by atoms with Crippen LogP contribution in [-0.2, 0) is 21.2 Å². The quantitative estimate of drug-likeness (QED) is 0.611. The fourth-order valence-electron chi connectivity index (χ4n) is 3.51. The van der Waals surface area contributed by atoms with Crippen LogP contribution in [0, 0.1) is 0 Å². The van der Waals surface area contributed by atoms with Gasteiger partial charge in [0.05, 0.1) is 10.6 Å². The maximum absolute atomic E-state index is 13.2. The van der Waals surface area contributed by atoms with Crippen LogP contribution in [0.15, 0.2) is 47.6 Å². The van der Waals surface area contributed by atoms with E-state index in [0.29, 0.717) is 0 Å². The van der Waals surface area contributed by atoms with E-state index < -0.39 is 37.7 Å². The van der Waals surface area contributed by atoms with Gasteiger partial charge in [0.15, 0.2) is 0 Å². The van der Waals surface area contributed by atoms with E-state index >= 15 is 0 Å². The summed E-state index contributed by atoms with van der Waals surface area (Å²) in [6.45, 7) is 7.24. The monoisotopic (exact) mass is 469 g/mol. The highest BCUT2D eigenvalue weighted by molar-refractivity contribution is 7.92. The van der Waals surface area contributed by atoms with Gasteiger partial charge >= 0.3 is 11.5 Å². The van der Waals surface area contributed by atoms with Crippen molar-refractivity contribution in [1.29, 1.82) is 0 Å². The molecule has 3 rings (SSSR count). The Morgan fingerprint density at radius 3 is 2.19 bits per heavy atom. The average molecular weight is 469 g/mol. The summed E-state index contributed by atoms with van der Waals surface area (Å²) in [5, 5.41) is 0. The molecule has 7 nitrogen and oxygen atoms in total. The number of urea groups is 1. The molecule has 0 aliphatic carbocycles. The van der Waals surface area contributed by atoms with Crippen LogP contribution in [0.3, 0.4) is 0 Å². The third-order valence-corrected chi connectivity index (χ3v) is 6.93. The zero-order chi connectivity index (χ0) is 24.1. The molecule has 0 radical (unpaired) electrons. The molecule has 32 heavy (non-hydrogen) atoms. The lowest BCUT2D eigenvalue weighted by Gasteiger charge is -2.28. The van der Waals surface area contributed by atoms with Gasteiger partial charge in [-0.05, 0) is 61.2 Å². The lowest BCUT2D eigenvalue weighted by atomic mass is 9.97. The summed E-state index contributed by atoms with van der Waals surface area (Å²) < 4.78 is 61.5. The minimum Gasteiger partial charge on any atom is -0.305 e. The highest BCUT2D eigenvalue weighted by Gasteiger charge is 2.52. The number of halogens is 3. The number of imide groups is 1. The second kappa shape index (κ2) is 7.88. The van der Waals surface area contributed by atoms with E-state index in [1.165, 1.54) is 4.90 Å². The first-order valence-electron chi connectivity index (χ1n) is 9.70. The summed E-state index contributed by atoms with van der Waals surface area (Å²) in [6, 6.07) is 4.60. The van der Waals surface area contributed by atoms with Crippen molar-refractivity contribution in [3.05, 3.63) is 53.9 Å². The van der Waals surface area contributed by atoms with Gasteiger partial charge < -0.3 is 4.90 Å². The summed E-state index contributed by atoms with van der Waals surface area (Å²) in [5.41, 5.74) is -4.96. The summed E-state index contributed by atoms with van der Waals surface area (Å²) in [4.78, 5) is 31.6. The summed E-state index contributed by atoms with van der Waals surface area (Å²) in [7, 11) is -5.54. The molecule has 11 heteroatoms. The topological polar surface area (TPSA) is 87.7 Å². The average Bonchev–Trinajstić information content (AvgIpc) is 2.87. The zero-order valence-corrected chi connectivity index (χ0v) is 18.7. The van der Waals surface area contributed by atoms with Gasteiger partial charge in [-0.25, -0.2) is 18.1 Å². The highest BCUT2D eigenvalue weighted by atomic mass is 32.2. The van der Waals surface area contributed by atoms with Gasteiger partial charge in [0, 0.05) is 18.9 Å². The van der Waals surface area contributed by atoms with E-state index in [-0.39, 0.29) is 18.2 Å². The molecule has 1 aromatic heterocycles. The Balaban J connectivity index is 1.95. The Morgan fingerprint density at radius 1 is 1.06 bits per heavy atom. The summed E-state index contributed by atoms with van der Waals surface area (Å²) in [5.74, 6) is -0.441. The van der Waals surface area contributed by atoms with Crippen LogP contribution in [0.4, 0.5) is 23.7 Å². The molecule has 0 saturated carbocycles. The molecule has 1 fully saturated rings. The van der Waals surface area contributed by atoms with Crippen LogP contribution < -0.4 is 4.90 Å². The largest absolute Gasteiger partial charge is 0.501 e. The molecule has 1 saturated heterocycles. The van der Waals surface area contributed by atoms with Crippen LogP contribution in [0.25, 0.3) is 0 Å². The lowest BCUT2D eigenvalue weighted by molar-refractivity contribution is -0.123. The Kier molecular flexibility index (Phi) is 5.83. The number of pyridine rings is 1. The van der Waals surface area contributed by atoms with Crippen molar-refractivity contribution in [2.24, 2.45) is 0 Å². The van der Waals surface area contributed by atoms with Crippen LogP contribution in [-0.4, -0.2) is 41.3 Å². The first-order chi connectivity index (χ1) is 14.7. The highest BCUT2D eigenvalue weighted by Crippen LogP contribution is 2.36. The predicted molar refractivity (Wildman–Crippen MR) is 111 cm³/mol. The van der Waals surface area contributed by atoms with E-state index in [2.05, 4.69) is 4.98 Å². The molecule has 0 bridgehead atoms. The van der Waals surface area contributed by atoms with Crippen molar-refractivity contribution in [3.63, 3.8) is 0 Å². The maximum atomic E-state index is 13.2. The number of benzene rings is 1. The van der Waals surface area contributed by atoms with E-state index in [4.69, 9.17) is 0 Å². The van der Waals surface area contributed by atoms with Crippen LogP contribution in [0.1, 0.15) is 44.7 Å². The second-order valence-electron chi connectivity index (χ2n) is 8.24. The number of alkyl halides is 3. The Labute approximate surface area is 183 Å². The van der Waals surface area contributed by atoms with Crippen LogP contribution >= 0.6 is 0 Å². The van der Waals surface area contributed by atoms with Gasteiger partial charge in [-0.1, -0.05) is 13.8 Å². The Morgan fingerprint density at radius 2 is 1.66 bits per heavy atom. The van der Waals surface area contributed by atoms with Gasteiger partial charge in [-0.3, -0.25) is 9.78 Å². The summed E-state index contributed by atoms with van der Waals surface area (Å²) >= 11 is 0. The van der Waals surface area contributed by atoms with Crippen molar-refractivity contribution < 1.29 is 31.2 Å². The fourth-order valence-corrected chi connectivity index (χ4v) is 4.27. The Hall–Kier alpha value is -2.95. The third kappa shape index (κ3) is 3.85. The van der Waals surface area contributed by atoms with Crippen molar-refractivity contribution in [2.45, 2.75) is 56.1 Å². The number of sulfone groups is 1. The first-order valence-corrected chi connectivity index (χ1v) is 11.2. The van der Waals surface area contributed by atoms with Crippen molar-refractivity contribution in [1.82, 2.24) is 9.88 Å². The van der Waals surface area contributed by atoms with Crippen molar-refractivity contribution in [3.8, 4) is 0 Å². The SMILES string of the molecule is CC(C)c1cnccc1CN1C(=O)N(c2ccc(S(=O)(=O)C(F)(F)F)cc2)C(=O)C1(C)C. The number of rotatable bonds is 5. The normalized spacial score (nSPS) is 16.9. The molecule has 0 atom stereocenters. The number of hydrogen-bond donors (Lipinski definition) is 0. The molecule has 0 unspecified atom stereocenters. The van der Waals surface area contributed by atoms with Gasteiger partial charge in [-0.2, -0.15) is 13.2 Å². The van der Waals surface area contributed by atoms with Gasteiger partial charge in [0.1, 0.15) is 5.54 Å². The van der Waals surface area contributed by atoms with E-state index in [9.17, 15) is 31.2 Å². The number of nitrogens with zero attached hydrogens (tertiary/aromatic N) is 3. The number of anilines is 1. The standard InChI is InChI=1S/C21H22F3N3O4S/c1-13(2)17-11-25-10-9-14(17)12-26-19(29)27(18(28)20(26,3)4)15-5-7-16(8-6-15)32(30,31)21(22,23)24/h5-11,13H,12H2,1-4H3. The fraction of sp³-hybridized carbons (Fsp3) is 0.381.